The minimum Gasteiger partial charge on any atom is -0.391 e. The first kappa shape index (κ1) is 32.1. The standard InChI is InChI=1S/C37H36F2N6O2S/c1-3-30-36(28-9-10-29(34(39)22(28)2)37-42-35(31(18-40)48-37)24-4-7-26(38)8-5-24)45-19-25(6-11-32(45)41-30)23-12-15-43(16-13-23)21-33(47)44-17-14-27(46)20-44/h4-11,19,23,27,46H,3,12-17,20-21H2,1-2H3/t27-/m0/s1. The first-order valence-corrected chi connectivity index (χ1v) is 17.2. The zero-order valence-electron chi connectivity index (χ0n) is 26.9. The molecule has 2 aromatic carbocycles. The van der Waals surface area contributed by atoms with Crippen molar-refractivity contribution in [3.8, 4) is 39.2 Å². The number of aliphatic hydroxyl groups is 1. The third-order valence-corrected chi connectivity index (χ3v) is 10.7. The molecule has 2 saturated heterocycles. The minimum absolute atomic E-state index is 0.0869. The number of amides is 1. The summed E-state index contributed by atoms with van der Waals surface area (Å²) in [6.45, 7) is 6.89. The monoisotopic (exact) mass is 666 g/mol. The second-order valence-corrected chi connectivity index (χ2v) is 13.7. The van der Waals surface area contributed by atoms with Crippen LogP contribution in [-0.2, 0) is 11.2 Å². The summed E-state index contributed by atoms with van der Waals surface area (Å²) in [7, 11) is 0. The molecule has 11 heteroatoms. The van der Waals surface area contributed by atoms with E-state index in [1.165, 1.54) is 17.7 Å². The SMILES string of the molecule is CCc1nc2ccc(C3CCN(CC(=O)N4CC[C@H](O)C4)CC3)cn2c1-c1ccc(-c2nc(-c3ccc(F)cc3)c(C#N)s2)c(F)c1C. The number of aliphatic hydroxyl groups excluding tert-OH is 1. The molecule has 1 amide bonds. The number of halogens is 2. The molecule has 0 radical (unpaired) electrons. The van der Waals surface area contributed by atoms with Crippen molar-refractivity contribution in [1.29, 1.82) is 5.26 Å². The summed E-state index contributed by atoms with van der Waals surface area (Å²) in [4.78, 5) is 26.5. The van der Waals surface area contributed by atoms with E-state index < -0.39 is 11.9 Å². The third-order valence-electron chi connectivity index (χ3n) is 9.70. The molecule has 48 heavy (non-hydrogen) atoms. The Morgan fingerprint density at radius 1 is 1.02 bits per heavy atom. The number of hydrogen-bond acceptors (Lipinski definition) is 7. The number of hydrogen-bond donors (Lipinski definition) is 1. The summed E-state index contributed by atoms with van der Waals surface area (Å²) >= 11 is 1.12. The molecule has 2 fully saturated rings. The molecular weight excluding hydrogens is 631 g/mol. The highest BCUT2D eigenvalue weighted by molar-refractivity contribution is 7.16. The number of piperidine rings is 1. The van der Waals surface area contributed by atoms with Gasteiger partial charge in [0.2, 0.25) is 5.91 Å². The first-order valence-electron chi connectivity index (χ1n) is 16.4. The fourth-order valence-corrected chi connectivity index (χ4v) is 7.89. The van der Waals surface area contributed by atoms with E-state index in [1.54, 1.807) is 30.0 Å². The number of pyridine rings is 1. The van der Waals surface area contributed by atoms with Gasteiger partial charge in [0, 0.05) is 36.0 Å². The van der Waals surface area contributed by atoms with E-state index in [2.05, 4.69) is 32.6 Å². The lowest BCUT2D eigenvalue weighted by Gasteiger charge is -2.32. The van der Waals surface area contributed by atoms with E-state index in [0.29, 0.717) is 70.7 Å². The molecule has 0 aliphatic carbocycles. The second kappa shape index (κ2) is 13.2. The Morgan fingerprint density at radius 2 is 1.77 bits per heavy atom. The van der Waals surface area contributed by atoms with Gasteiger partial charge < -0.3 is 10.0 Å². The van der Waals surface area contributed by atoms with Crippen LogP contribution in [-0.4, -0.2) is 74.0 Å². The predicted molar refractivity (Wildman–Crippen MR) is 182 cm³/mol. The molecule has 0 unspecified atom stereocenters. The Morgan fingerprint density at radius 3 is 2.46 bits per heavy atom. The molecule has 0 saturated carbocycles. The van der Waals surface area contributed by atoms with E-state index in [-0.39, 0.29) is 11.7 Å². The Labute approximate surface area is 281 Å². The van der Waals surface area contributed by atoms with Crippen LogP contribution in [0.1, 0.15) is 53.8 Å². The fraction of sp³-hybridized carbons (Fsp3) is 0.351. The number of nitrogens with zero attached hydrogens (tertiary/aromatic N) is 6. The molecule has 1 N–H and O–H groups in total. The van der Waals surface area contributed by atoms with Crippen molar-refractivity contribution < 1.29 is 18.7 Å². The van der Waals surface area contributed by atoms with Crippen LogP contribution in [0.2, 0.25) is 0 Å². The molecule has 0 bridgehead atoms. The van der Waals surface area contributed by atoms with Crippen LogP contribution in [0.15, 0.2) is 54.7 Å². The molecule has 5 aromatic rings. The summed E-state index contributed by atoms with van der Waals surface area (Å²) in [5.41, 5.74) is 6.25. The predicted octanol–water partition coefficient (Wildman–Crippen LogP) is 6.59. The van der Waals surface area contributed by atoms with Gasteiger partial charge in [-0.2, -0.15) is 5.26 Å². The molecule has 8 nitrogen and oxygen atoms in total. The quantitative estimate of drug-likeness (QED) is 0.211. The topological polar surface area (TPSA) is 97.8 Å². The van der Waals surface area contributed by atoms with Gasteiger partial charge in [0.05, 0.1) is 29.7 Å². The van der Waals surface area contributed by atoms with Crippen molar-refractivity contribution in [1.82, 2.24) is 24.2 Å². The Kier molecular flexibility index (Phi) is 8.81. The van der Waals surface area contributed by atoms with Gasteiger partial charge in [-0.15, -0.1) is 11.3 Å². The Bertz CT molecular complexity index is 2040. The van der Waals surface area contributed by atoms with Gasteiger partial charge in [0.25, 0.3) is 0 Å². The van der Waals surface area contributed by atoms with E-state index in [1.807, 2.05) is 19.1 Å². The number of thiazole rings is 1. The van der Waals surface area contributed by atoms with E-state index in [9.17, 15) is 19.6 Å². The highest BCUT2D eigenvalue weighted by atomic mass is 32.1. The lowest BCUT2D eigenvalue weighted by atomic mass is 9.90. The van der Waals surface area contributed by atoms with Gasteiger partial charge >= 0.3 is 0 Å². The van der Waals surface area contributed by atoms with Crippen LogP contribution < -0.4 is 0 Å². The van der Waals surface area contributed by atoms with Crippen molar-refractivity contribution in [3.05, 3.63) is 88.1 Å². The number of benzene rings is 2. The Balaban J connectivity index is 1.15. The van der Waals surface area contributed by atoms with Gasteiger partial charge in [-0.25, -0.2) is 18.7 Å². The van der Waals surface area contributed by atoms with Crippen molar-refractivity contribution >= 4 is 22.9 Å². The van der Waals surface area contributed by atoms with Gasteiger partial charge in [-0.1, -0.05) is 19.1 Å². The molecular formula is C37H36F2N6O2S. The molecule has 7 rings (SSSR count). The first-order chi connectivity index (χ1) is 23.2. The zero-order chi connectivity index (χ0) is 33.5. The number of β-amino-alcohol motifs (C(OH)–C–C–N with tert-alkyl or cyclic N) is 1. The van der Waals surface area contributed by atoms with Crippen LogP contribution in [0.3, 0.4) is 0 Å². The lowest BCUT2D eigenvalue weighted by Crippen LogP contribution is -2.42. The van der Waals surface area contributed by atoms with Crippen molar-refractivity contribution in [2.24, 2.45) is 0 Å². The normalized spacial score (nSPS) is 17.3. The molecule has 2 aliphatic rings. The molecule has 0 spiro atoms. The van der Waals surface area contributed by atoms with Crippen LogP contribution >= 0.6 is 11.3 Å². The maximum Gasteiger partial charge on any atom is 0.236 e. The summed E-state index contributed by atoms with van der Waals surface area (Å²) in [6, 6.07) is 15.7. The van der Waals surface area contributed by atoms with E-state index in [0.717, 1.165) is 59.9 Å². The van der Waals surface area contributed by atoms with Crippen LogP contribution in [0, 0.1) is 29.9 Å². The maximum absolute atomic E-state index is 16.3. The number of carbonyl (C=O) groups excluding carboxylic acids is 1. The van der Waals surface area contributed by atoms with Crippen LogP contribution in [0.5, 0.6) is 0 Å². The van der Waals surface area contributed by atoms with Gasteiger partial charge in [0.1, 0.15) is 33.2 Å². The highest BCUT2D eigenvalue weighted by Gasteiger charge is 2.29. The van der Waals surface area contributed by atoms with Gasteiger partial charge in [-0.05, 0) is 99.1 Å². The number of rotatable bonds is 7. The van der Waals surface area contributed by atoms with E-state index >= 15 is 4.39 Å². The highest BCUT2D eigenvalue weighted by Crippen LogP contribution is 2.39. The van der Waals surface area contributed by atoms with Crippen LogP contribution in [0.25, 0.3) is 38.7 Å². The largest absolute Gasteiger partial charge is 0.391 e. The number of fused-ring (bicyclic) bond motifs is 1. The third kappa shape index (κ3) is 6.00. The molecule has 3 aromatic heterocycles. The lowest BCUT2D eigenvalue weighted by molar-refractivity contribution is -0.132. The van der Waals surface area contributed by atoms with Crippen LogP contribution in [0.4, 0.5) is 8.78 Å². The maximum atomic E-state index is 16.3. The summed E-state index contributed by atoms with van der Waals surface area (Å²) < 4.78 is 31.9. The average molecular weight is 667 g/mol. The van der Waals surface area contributed by atoms with Crippen molar-refractivity contribution in [2.45, 2.75) is 51.6 Å². The summed E-state index contributed by atoms with van der Waals surface area (Å²) in [5, 5.41) is 20.0. The molecule has 1 atom stereocenters. The number of aryl methyl sites for hydroxylation is 1. The number of aromatic nitrogens is 3. The summed E-state index contributed by atoms with van der Waals surface area (Å²) in [5.74, 6) is -0.381. The average Bonchev–Trinajstić information content (AvgIpc) is 3.83. The fourth-order valence-electron chi connectivity index (χ4n) is 6.99. The summed E-state index contributed by atoms with van der Waals surface area (Å²) in [6.07, 6.45) is 4.90. The molecule has 2 aliphatic heterocycles. The number of nitriles is 1. The van der Waals surface area contributed by atoms with Crippen molar-refractivity contribution in [3.63, 3.8) is 0 Å². The van der Waals surface area contributed by atoms with Gasteiger partial charge in [0.15, 0.2) is 0 Å². The number of likely N-dealkylation sites (tertiary alicyclic amines) is 2. The number of imidazole rings is 1. The minimum atomic E-state index is -0.410. The Hall–Kier alpha value is -4.50. The zero-order valence-corrected chi connectivity index (χ0v) is 27.7. The second-order valence-electron chi connectivity index (χ2n) is 12.7. The number of carbonyl (C=O) groups is 1. The smallest absolute Gasteiger partial charge is 0.236 e. The molecule has 5 heterocycles. The van der Waals surface area contributed by atoms with Gasteiger partial charge in [-0.3, -0.25) is 14.1 Å². The van der Waals surface area contributed by atoms with Crippen molar-refractivity contribution in [2.75, 3.05) is 32.7 Å². The molecule has 246 valence electrons. The van der Waals surface area contributed by atoms with E-state index in [4.69, 9.17) is 4.98 Å².